The van der Waals surface area contributed by atoms with Crippen molar-refractivity contribution >= 4 is 11.5 Å². The van der Waals surface area contributed by atoms with Crippen LogP contribution in [0.4, 0.5) is 18.9 Å². The lowest BCUT2D eigenvalue weighted by molar-refractivity contribution is -0.137. The van der Waals surface area contributed by atoms with Crippen LogP contribution in [0.3, 0.4) is 0 Å². The second-order valence-electron chi connectivity index (χ2n) is 4.53. The molecule has 0 saturated carbocycles. The van der Waals surface area contributed by atoms with E-state index < -0.39 is 11.7 Å². The first-order valence-electron chi connectivity index (χ1n) is 6.17. The minimum Gasteiger partial charge on any atom is -0.286 e. The summed E-state index contributed by atoms with van der Waals surface area (Å²) in [5, 5.41) is 1.70. The highest BCUT2D eigenvalue weighted by Crippen LogP contribution is 2.32. The van der Waals surface area contributed by atoms with Crippen LogP contribution < -0.4 is 10.4 Å². The van der Waals surface area contributed by atoms with E-state index in [9.17, 15) is 13.2 Å². The maximum absolute atomic E-state index is 12.7. The standard InChI is InChI=1S/C13H16F3N3/c1-3-17-12-9(2)8-19(18-12)11-6-4-5-10(7-11)13(14,15)16/h4-7,9H,3,8H2,1-2H3,(H,17,18). The van der Waals surface area contributed by atoms with Gasteiger partial charge in [-0.3, -0.25) is 15.4 Å². The number of hydrogen-bond acceptors (Lipinski definition) is 2. The number of hydrogen-bond donors (Lipinski definition) is 1. The third kappa shape index (κ3) is 3.00. The Morgan fingerprint density at radius 3 is 2.79 bits per heavy atom. The molecule has 1 aromatic rings. The van der Waals surface area contributed by atoms with Gasteiger partial charge in [-0.2, -0.15) is 13.2 Å². The molecule has 104 valence electrons. The summed E-state index contributed by atoms with van der Waals surface area (Å²) < 4.78 is 38.0. The second-order valence-corrected chi connectivity index (χ2v) is 4.53. The third-order valence-electron chi connectivity index (χ3n) is 2.99. The van der Waals surface area contributed by atoms with Gasteiger partial charge in [0.2, 0.25) is 0 Å². The van der Waals surface area contributed by atoms with Crippen LogP contribution in [-0.4, -0.2) is 18.9 Å². The summed E-state index contributed by atoms with van der Waals surface area (Å²) in [6, 6.07) is 5.29. The van der Waals surface area contributed by atoms with Crippen molar-refractivity contribution in [1.29, 1.82) is 0 Å². The van der Waals surface area contributed by atoms with E-state index in [1.165, 1.54) is 6.07 Å². The molecular weight excluding hydrogens is 255 g/mol. The maximum Gasteiger partial charge on any atom is 0.416 e. The maximum atomic E-state index is 12.7. The van der Waals surface area contributed by atoms with Gasteiger partial charge in [0.25, 0.3) is 0 Å². The van der Waals surface area contributed by atoms with Crippen LogP contribution in [-0.2, 0) is 6.18 Å². The Morgan fingerprint density at radius 2 is 2.16 bits per heavy atom. The molecule has 19 heavy (non-hydrogen) atoms. The first-order chi connectivity index (χ1) is 8.91. The summed E-state index contributed by atoms with van der Waals surface area (Å²) in [5.41, 5.74) is 2.92. The van der Waals surface area contributed by atoms with Crippen molar-refractivity contribution in [3.63, 3.8) is 0 Å². The summed E-state index contributed by atoms with van der Waals surface area (Å²) in [6.45, 7) is 5.19. The number of aliphatic imine (C=N–C) groups is 1. The number of alkyl halides is 3. The summed E-state index contributed by atoms with van der Waals surface area (Å²) in [4.78, 5) is 4.29. The van der Waals surface area contributed by atoms with Gasteiger partial charge < -0.3 is 0 Å². The minimum atomic E-state index is -4.32. The number of benzene rings is 1. The molecule has 1 aliphatic heterocycles. The van der Waals surface area contributed by atoms with Crippen molar-refractivity contribution in [3.05, 3.63) is 29.8 Å². The first-order valence-corrected chi connectivity index (χ1v) is 6.17. The van der Waals surface area contributed by atoms with Gasteiger partial charge in [0, 0.05) is 19.0 Å². The number of hydrazine groups is 1. The average Bonchev–Trinajstić information content (AvgIpc) is 2.71. The van der Waals surface area contributed by atoms with Crippen molar-refractivity contribution < 1.29 is 13.2 Å². The third-order valence-corrected chi connectivity index (χ3v) is 2.99. The Balaban J connectivity index is 2.22. The second kappa shape index (κ2) is 5.11. The molecule has 1 atom stereocenters. The Bertz CT molecular complexity index is 482. The van der Waals surface area contributed by atoms with Gasteiger partial charge in [-0.05, 0) is 25.1 Å². The van der Waals surface area contributed by atoms with Crippen molar-refractivity contribution in [2.75, 3.05) is 18.1 Å². The van der Waals surface area contributed by atoms with Crippen molar-refractivity contribution in [2.24, 2.45) is 10.9 Å². The molecular formula is C13H16F3N3. The zero-order valence-corrected chi connectivity index (χ0v) is 10.8. The molecule has 0 radical (unpaired) electrons. The molecule has 0 aromatic heterocycles. The Hall–Kier alpha value is -1.72. The highest BCUT2D eigenvalue weighted by molar-refractivity contribution is 5.89. The molecule has 0 bridgehead atoms. The van der Waals surface area contributed by atoms with E-state index in [-0.39, 0.29) is 5.92 Å². The summed E-state index contributed by atoms with van der Waals surface area (Å²) in [7, 11) is 0. The van der Waals surface area contributed by atoms with E-state index in [0.717, 1.165) is 18.0 Å². The molecule has 1 aromatic carbocycles. The molecule has 1 fully saturated rings. The molecule has 6 heteroatoms. The van der Waals surface area contributed by atoms with E-state index in [4.69, 9.17) is 0 Å². The molecule has 1 aliphatic rings. The smallest absolute Gasteiger partial charge is 0.286 e. The predicted octanol–water partition coefficient (Wildman–Crippen LogP) is 3.08. The highest BCUT2D eigenvalue weighted by atomic mass is 19.4. The lowest BCUT2D eigenvalue weighted by atomic mass is 10.1. The van der Waals surface area contributed by atoms with E-state index in [2.05, 4.69) is 10.4 Å². The topological polar surface area (TPSA) is 27.6 Å². The van der Waals surface area contributed by atoms with Gasteiger partial charge in [-0.25, -0.2) is 0 Å². The first kappa shape index (κ1) is 13.7. The van der Waals surface area contributed by atoms with E-state index in [1.807, 2.05) is 13.8 Å². The SMILES string of the molecule is CCN=C1NN(c2cccc(C(F)(F)F)c2)CC1C. The monoisotopic (exact) mass is 271 g/mol. The molecule has 1 heterocycles. The summed E-state index contributed by atoms with van der Waals surface area (Å²) in [6.07, 6.45) is -4.32. The average molecular weight is 271 g/mol. The zero-order valence-electron chi connectivity index (χ0n) is 10.8. The molecule has 0 spiro atoms. The largest absolute Gasteiger partial charge is 0.416 e. The number of nitrogens with one attached hydrogen (secondary N) is 1. The van der Waals surface area contributed by atoms with Crippen LogP contribution >= 0.6 is 0 Å². The molecule has 1 unspecified atom stereocenters. The van der Waals surface area contributed by atoms with Gasteiger partial charge >= 0.3 is 6.18 Å². The Morgan fingerprint density at radius 1 is 1.42 bits per heavy atom. The van der Waals surface area contributed by atoms with E-state index >= 15 is 0 Å². The molecule has 2 rings (SSSR count). The van der Waals surface area contributed by atoms with Crippen molar-refractivity contribution in [2.45, 2.75) is 20.0 Å². The molecule has 0 aliphatic carbocycles. The summed E-state index contributed by atoms with van der Waals surface area (Å²) >= 11 is 0. The lowest BCUT2D eigenvalue weighted by Gasteiger charge is -2.19. The number of halogens is 3. The molecule has 1 saturated heterocycles. The lowest BCUT2D eigenvalue weighted by Crippen LogP contribution is -2.33. The quantitative estimate of drug-likeness (QED) is 0.895. The highest BCUT2D eigenvalue weighted by Gasteiger charge is 2.32. The Kier molecular flexibility index (Phi) is 3.68. The fraction of sp³-hybridized carbons (Fsp3) is 0.462. The van der Waals surface area contributed by atoms with E-state index in [0.29, 0.717) is 18.8 Å². The normalized spacial score (nSPS) is 21.8. The number of amidine groups is 1. The number of rotatable bonds is 2. The van der Waals surface area contributed by atoms with E-state index in [1.54, 1.807) is 11.1 Å². The van der Waals surface area contributed by atoms with Crippen LogP contribution in [0.5, 0.6) is 0 Å². The van der Waals surface area contributed by atoms with Gasteiger partial charge in [0.1, 0.15) is 5.84 Å². The molecule has 1 N–H and O–H groups in total. The summed E-state index contributed by atoms with van der Waals surface area (Å²) in [5.74, 6) is 1.01. The van der Waals surface area contributed by atoms with Gasteiger partial charge in [0.15, 0.2) is 0 Å². The van der Waals surface area contributed by atoms with Crippen LogP contribution in [0.15, 0.2) is 29.3 Å². The van der Waals surface area contributed by atoms with Crippen LogP contribution in [0.1, 0.15) is 19.4 Å². The fourth-order valence-electron chi connectivity index (χ4n) is 2.04. The Labute approximate surface area is 110 Å². The number of nitrogens with zero attached hydrogens (tertiary/aromatic N) is 2. The van der Waals surface area contributed by atoms with Crippen LogP contribution in [0.2, 0.25) is 0 Å². The van der Waals surface area contributed by atoms with Gasteiger partial charge in [-0.1, -0.05) is 13.0 Å². The predicted molar refractivity (Wildman–Crippen MR) is 69.1 cm³/mol. The van der Waals surface area contributed by atoms with Crippen LogP contribution in [0, 0.1) is 5.92 Å². The van der Waals surface area contributed by atoms with Gasteiger partial charge in [0.05, 0.1) is 11.3 Å². The zero-order chi connectivity index (χ0) is 14.0. The van der Waals surface area contributed by atoms with Crippen LogP contribution in [0.25, 0.3) is 0 Å². The fourth-order valence-corrected chi connectivity index (χ4v) is 2.04. The molecule has 3 nitrogen and oxygen atoms in total. The van der Waals surface area contributed by atoms with Crippen molar-refractivity contribution in [1.82, 2.24) is 5.43 Å². The molecule has 0 amide bonds. The minimum absolute atomic E-state index is 0.189. The van der Waals surface area contributed by atoms with Gasteiger partial charge in [-0.15, -0.1) is 0 Å². The number of anilines is 1. The van der Waals surface area contributed by atoms with Crippen molar-refractivity contribution in [3.8, 4) is 0 Å².